The number of ether oxygens (including phenoxy) is 2. The van der Waals surface area contributed by atoms with Crippen LogP contribution < -0.4 is 0 Å². The van der Waals surface area contributed by atoms with E-state index in [1.54, 1.807) is 24.3 Å². The van der Waals surface area contributed by atoms with Crippen LogP contribution in [0.2, 0.25) is 0 Å². The molecule has 35 heavy (non-hydrogen) atoms. The molecule has 0 amide bonds. The number of esters is 2. The van der Waals surface area contributed by atoms with E-state index in [0.29, 0.717) is 30.3 Å². The average molecular weight is 489 g/mol. The van der Waals surface area contributed by atoms with Gasteiger partial charge in [-0.3, -0.25) is 0 Å². The van der Waals surface area contributed by atoms with Crippen LogP contribution in [0.25, 0.3) is 0 Å². The van der Waals surface area contributed by atoms with Crippen molar-refractivity contribution in [3.05, 3.63) is 35.4 Å². The van der Waals surface area contributed by atoms with Gasteiger partial charge >= 0.3 is 11.9 Å². The van der Waals surface area contributed by atoms with Gasteiger partial charge in [0.1, 0.15) is 0 Å². The Balaban J connectivity index is 2.22. The Morgan fingerprint density at radius 3 is 1.49 bits per heavy atom. The van der Waals surface area contributed by atoms with E-state index in [1.807, 2.05) is 0 Å². The summed E-state index contributed by atoms with van der Waals surface area (Å²) in [5, 5.41) is 0. The first kappa shape index (κ1) is 31.2. The summed E-state index contributed by atoms with van der Waals surface area (Å²) < 4.78 is 11.0. The lowest BCUT2D eigenvalue weighted by Gasteiger charge is -2.16. The maximum atomic E-state index is 12.7. The predicted molar refractivity (Wildman–Crippen MR) is 146 cm³/mol. The van der Waals surface area contributed by atoms with Gasteiger partial charge in [-0.25, -0.2) is 9.59 Å². The fraction of sp³-hybridized carbons (Fsp3) is 0.742. The molecule has 200 valence electrons. The SMILES string of the molecule is CCCCCCCCCCCCCCCOC(=O)c1ccccc1C(=O)OCC(CCC)CCC. The number of hydrogen-bond donors (Lipinski definition) is 0. The highest BCUT2D eigenvalue weighted by Gasteiger charge is 2.20. The summed E-state index contributed by atoms with van der Waals surface area (Å²) in [7, 11) is 0. The molecule has 0 N–H and O–H groups in total. The van der Waals surface area contributed by atoms with E-state index in [1.165, 1.54) is 70.6 Å². The van der Waals surface area contributed by atoms with Crippen molar-refractivity contribution in [3.63, 3.8) is 0 Å². The van der Waals surface area contributed by atoms with Gasteiger partial charge in [-0.05, 0) is 37.3 Å². The Labute approximate surface area is 215 Å². The third kappa shape index (κ3) is 15.0. The molecule has 4 heteroatoms. The highest BCUT2D eigenvalue weighted by Crippen LogP contribution is 2.17. The molecule has 1 aromatic rings. The summed E-state index contributed by atoms with van der Waals surface area (Å²) in [5.74, 6) is -0.491. The van der Waals surface area contributed by atoms with E-state index < -0.39 is 11.9 Å². The molecule has 0 unspecified atom stereocenters. The van der Waals surface area contributed by atoms with Crippen LogP contribution in [0.15, 0.2) is 24.3 Å². The molecule has 0 radical (unpaired) electrons. The largest absolute Gasteiger partial charge is 0.462 e. The van der Waals surface area contributed by atoms with Gasteiger partial charge in [-0.15, -0.1) is 0 Å². The lowest BCUT2D eigenvalue weighted by Crippen LogP contribution is -2.18. The van der Waals surface area contributed by atoms with Crippen molar-refractivity contribution in [1.82, 2.24) is 0 Å². The molecule has 0 aliphatic rings. The zero-order valence-corrected chi connectivity index (χ0v) is 23.0. The smallest absolute Gasteiger partial charge is 0.339 e. The molecule has 0 aliphatic heterocycles. The molecule has 0 fully saturated rings. The Kier molecular flexibility index (Phi) is 19.1. The number of hydrogen-bond acceptors (Lipinski definition) is 4. The average Bonchev–Trinajstić information content (AvgIpc) is 2.87. The summed E-state index contributed by atoms with van der Waals surface area (Å²) in [6, 6.07) is 6.82. The van der Waals surface area contributed by atoms with E-state index in [-0.39, 0.29) is 0 Å². The van der Waals surface area contributed by atoms with Crippen LogP contribution >= 0.6 is 0 Å². The minimum absolute atomic E-state index is 0.301. The maximum absolute atomic E-state index is 12.7. The molecule has 0 bridgehead atoms. The zero-order valence-electron chi connectivity index (χ0n) is 23.0. The van der Waals surface area contributed by atoms with E-state index in [0.717, 1.165) is 38.5 Å². The molecule has 4 nitrogen and oxygen atoms in total. The first-order valence-corrected chi connectivity index (χ1v) is 14.6. The van der Waals surface area contributed by atoms with E-state index in [2.05, 4.69) is 20.8 Å². The number of benzene rings is 1. The van der Waals surface area contributed by atoms with E-state index >= 15 is 0 Å². The second-order valence-corrected chi connectivity index (χ2v) is 9.97. The summed E-state index contributed by atoms with van der Waals surface area (Å²) >= 11 is 0. The van der Waals surface area contributed by atoms with Crippen molar-refractivity contribution in [2.45, 2.75) is 130 Å². The monoisotopic (exact) mass is 488 g/mol. The van der Waals surface area contributed by atoms with Crippen LogP contribution in [0.5, 0.6) is 0 Å². The lowest BCUT2D eigenvalue weighted by atomic mass is 9.99. The van der Waals surface area contributed by atoms with Gasteiger partial charge in [0.25, 0.3) is 0 Å². The van der Waals surface area contributed by atoms with E-state index in [9.17, 15) is 9.59 Å². The van der Waals surface area contributed by atoms with E-state index in [4.69, 9.17) is 9.47 Å². The Bertz CT molecular complexity index is 664. The Morgan fingerprint density at radius 2 is 1.03 bits per heavy atom. The fourth-order valence-corrected chi connectivity index (χ4v) is 4.60. The standard InChI is InChI=1S/C31H52O4/c1-4-7-8-9-10-11-12-13-14-15-16-17-20-25-34-30(32)28-23-18-19-24-29(28)31(33)35-26-27(21-5-2)22-6-3/h18-19,23-24,27H,4-17,20-22,25-26H2,1-3H3. The van der Waals surface area contributed by atoms with Crippen molar-refractivity contribution >= 4 is 11.9 Å². The van der Waals surface area contributed by atoms with Crippen LogP contribution in [0.3, 0.4) is 0 Å². The third-order valence-electron chi connectivity index (χ3n) is 6.69. The first-order valence-electron chi connectivity index (χ1n) is 14.6. The van der Waals surface area contributed by atoms with Crippen LogP contribution in [0, 0.1) is 5.92 Å². The number of rotatable bonds is 22. The van der Waals surface area contributed by atoms with Gasteiger partial charge in [-0.1, -0.05) is 123 Å². The number of carbonyl (C=O) groups is 2. The van der Waals surface area contributed by atoms with Gasteiger partial charge in [0.05, 0.1) is 24.3 Å². The third-order valence-corrected chi connectivity index (χ3v) is 6.69. The van der Waals surface area contributed by atoms with Gasteiger partial charge in [0.15, 0.2) is 0 Å². The molecule has 0 saturated heterocycles. The summed E-state index contributed by atoms with van der Waals surface area (Å²) in [5.41, 5.74) is 0.601. The minimum Gasteiger partial charge on any atom is -0.462 e. The van der Waals surface area contributed by atoms with Gasteiger partial charge in [0, 0.05) is 0 Å². The quantitative estimate of drug-likeness (QED) is 0.120. The Hall–Kier alpha value is -1.84. The number of unbranched alkanes of at least 4 members (excludes halogenated alkanes) is 12. The normalized spacial score (nSPS) is 11.1. The molecular formula is C31H52O4. The minimum atomic E-state index is -0.435. The van der Waals surface area contributed by atoms with Crippen LogP contribution in [-0.2, 0) is 9.47 Å². The van der Waals surface area contributed by atoms with Crippen LogP contribution in [-0.4, -0.2) is 25.2 Å². The summed E-state index contributed by atoms with van der Waals surface area (Å²) in [6.07, 6.45) is 20.9. The predicted octanol–water partition coefficient (Wildman–Crippen LogP) is 9.31. The van der Waals surface area contributed by atoms with Gasteiger partial charge in [0.2, 0.25) is 0 Å². The summed E-state index contributed by atoms with van der Waals surface area (Å²) in [4.78, 5) is 25.3. The molecular weight excluding hydrogens is 436 g/mol. The first-order chi connectivity index (χ1) is 17.1. The van der Waals surface area contributed by atoms with Crippen LogP contribution in [0.4, 0.5) is 0 Å². The second-order valence-electron chi connectivity index (χ2n) is 9.97. The fourth-order valence-electron chi connectivity index (χ4n) is 4.60. The molecule has 0 atom stereocenters. The molecule has 0 saturated carbocycles. The highest BCUT2D eigenvalue weighted by molar-refractivity contribution is 6.03. The topological polar surface area (TPSA) is 52.6 Å². The Morgan fingerprint density at radius 1 is 0.600 bits per heavy atom. The molecule has 0 heterocycles. The summed E-state index contributed by atoms with van der Waals surface area (Å²) in [6.45, 7) is 7.36. The maximum Gasteiger partial charge on any atom is 0.339 e. The van der Waals surface area contributed by atoms with Gasteiger partial charge < -0.3 is 9.47 Å². The molecule has 1 rings (SSSR count). The molecule has 0 aromatic heterocycles. The van der Waals surface area contributed by atoms with Crippen molar-refractivity contribution < 1.29 is 19.1 Å². The molecule has 0 aliphatic carbocycles. The van der Waals surface area contributed by atoms with Gasteiger partial charge in [-0.2, -0.15) is 0 Å². The van der Waals surface area contributed by atoms with Crippen molar-refractivity contribution in [2.24, 2.45) is 5.92 Å². The zero-order chi connectivity index (χ0) is 25.6. The second kappa shape index (κ2) is 21.4. The van der Waals surface area contributed by atoms with Crippen molar-refractivity contribution in [3.8, 4) is 0 Å². The number of carbonyl (C=O) groups excluding carboxylic acids is 2. The van der Waals surface area contributed by atoms with Crippen molar-refractivity contribution in [1.29, 1.82) is 0 Å². The highest BCUT2D eigenvalue weighted by atomic mass is 16.5. The van der Waals surface area contributed by atoms with Crippen LogP contribution in [0.1, 0.15) is 151 Å². The molecule has 0 spiro atoms. The lowest BCUT2D eigenvalue weighted by molar-refractivity contribution is 0.0402. The van der Waals surface area contributed by atoms with Crippen molar-refractivity contribution in [2.75, 3.05) is 13.2 Å². The molecule has 1 aromatic carbocycles.